The summed E-state index contributed by atoms with van der Waals surface area (Å²) in [6, 6.07) is 1.70. The highest BCUT2D eigenvalue weighted by Crippen LogP contribution is 2.13. The summed E-state index contributed by atoms with van der Waals surface area (Å²) in [6.45, 7) is 3.10. The third-order valence-electron chi connectivity index (χ3n) is 2.33. The van der Waals surface area contributed by atoms with Crippen LogP contribution in [0.1, 0.15) is 16.5 Å². The van der Waals surface area contributed by atoms with E-state index in [9.17, 15) is 0 Å². The maximum Gasteiger partial charge on any atom is 0.158 e. The average Bonchev–Trinajstić information content (AvgIpc) is 2.75. The number of methoxy groups -OCH3 is 1. The number of thiazole rings is 1. The molecule has 5 nitrogen and oxygen atoms in total. The third kappa shape index (κ3) is 4.41. The van der Waals surface area contributed by atoms with Gasteiger partial charge in [-0.05, 0) is 6.92 Å². The number of hydrogen-bond acceptors (Lipinski definition) is 6. The van der Waals surface area contributed by atoms with Crippen molar-refractivity contribution in [3.8, 4) is 0 Å². The van der Waals surface area contributed by atoms with E-state index < -0.39 is 0 Å². The molecule has 0 aliphatic carbocycles. The molecule has 0 atom stereocenters. The molecule has 0 aromatic carbocycles. The Labute approximate surface area is 121 Å². The minimum Gasteiger partial charge on any atom is -0.377 e. The van der Waals surface area contributed by atoms with Crippen LogP contribution in [0.5, 0.6) is 0 Å². The summed E-state index contributed by atoms with van der Waals surface area (Å²) in [6.07, 6.45) is 0.861. The first kappa shape index (κ1) is 14.2. The van der Waals surface area contributed by atoms with E-state index in [1.807, 2.05) is 12.3 Å². The summed E-state index contributed by atoms with van der Waals surface area (Å²) >= 11 is 7.60. The summed E-state index contributed by atoms with van der Waals surface area (Å²) in [5, 5.41) is 6.79. The lowest BCUT2D eigenvalue weighted by Gasteiger charge is -2.06. The highest BCUT2D eigenvalue weighted by molar-refractivity contribution is 7.09. The van der Waals surface area contributed by atoms with Crippen LogP contribution in [-0.2, 0) is 17.8 Å². The number of nitrogens with zero attached hydrogens (tertiary/aromatic N) is 3. The van der Waals surface area contributed by atoms with Crippen LogP contribution in [-0.4, -0.2) is 28.6 Å². The van der Waals surface area contributed by atoms with E-state index in [0.717, 1.165) is 23.7 Å². The second-order valence-electron chi connectivity index (χ2n) is 3.98. The highest BCUT2D eigenvalue weighted by atomic mass is 35.5. The van der Waals surface area contributed by atoms with Gasteiger partial charge < -0.3 is 10.1 Å². The van der Waals surface area contributed by atoms with Crippen molar-refractivity contribution in [2.24, 2.45) is 0 Å². The van der Waals surface area contributed by atoms with Crippen LogP contribution in [0.15, 0.2) is 11.4 Å². The lowest BCUT2D eigenvalue weighted by atomic mass is 10.4. The quantitative estimate of drug-likeness (QED) is 0.831. The fourth-order valence-corrected chi connectivity index (χ4v) is 2.54. The predicted molar refractivity (Wildman–Crippen MR) is 76.8 cm³/mol. The Bertz CT molecular complexity index is 546. The molecule has 0 amide bonds. The van der Waals surface area contributed by atoms with Gasteiger partial charge in [-0.25, -0.2) is 15.0 Å². The van der Waals surface area contributed by atoms with Crippen LogP contribution in [0.4, 0.5) is 5.82 Å². The fourth-order valence-electron chi connectivity index (χ4n) is 1.56. The van der Waals surface area contributed by atoms with Gasteiger partial charge in [0, 0.05) is 37.2 Å². The molecule has 102 valence electrons. The number of anilines is 1. The summed E-state index contributed by atoms with van der Waals surface area (Å²) < 4.78 is 4.99. The Morgan fingerprint density at radius 1 is 1.37 bits per heavy atom. The maximum atomic E-state index is 5.93. The topological polar surface area (TPSA) is 59.9 Å². The van der Waals surface area contributed by atoms with Crippen LogP contribution in [0.2, 0.25) is 5.15 Å². The van der Waals surface area contributed by atoms with Gasteiger partial charge in [0.1, 0.15) is 17.6 Å². The Hall–Kier alpha value is -1.24. The first-order valence-electron chi connectivity index (χ1n) is 5.84. The number of rotatable bonds is 6. The number of hydrogen-bond donors (Lipinski definition) is 1. The van der Waals surface area contributed by atoms with Crippen molar-refractivity contribution >= 4 is 28.8 Å². The average molecular weight is 299 g/mol. The monoisotopic (exact) mass is 298 g/mol. The number of aromatic nitrogens is 3. The van der Waals surface area contributed by atoms with Gasteiger partial charge in [0.2, 0.25) is 0 Å². The Morgan fingerprint density at radius 3 is 2.89 bits per heavy atom. The van der Waals surface area contributed by atoms with Crippen molar-refractivity contribution in [3.05, 3.63) is 33.1 Å². The summed E-state index contributed by atoms with van der Waals surface area (Å²) in [7, 11) is 1.60. The van der Waals surface area contributed by atoms with Crippen molar-refractivity contribution < 1.29 is 4.74 Å². The molecule has 19 heavy (non-hydrogen) atoms. The highest BCUT2D eigenvalue weighted by Gasteiger charge is 2.04. The van der Waals surface area contributed by atoms with Crippen LogP contribution in [0.3, 0.4) is 0 Å². The molecule has 0 fully saturated rings. The minimum atomic E-state index is 0.348. The van der Waals surface area contributed by atoms with Gasteiger partial charge >= 0.3 is 0 Å². The normalized spacial score (nSPS) is 10.7. The van der Waals surface area contributed by atoms with Crippen LogP contribution in [0, 0.1) is 6.92 Å². The Morgan fingerprint density at radius 2 is 2.21 bits per heavy atom. The Kier molecular flexibility index (Phi) is 5.07. The number of aryl methyl sites for hydroxylation is 1. The summed E-state index contributed by atoms with van der Waals surface area (Å²) in [4.78, 5) is 12.8. The van der Waals surface area contributed by atoms with E-state index in [1.54, 1.807) is 24.5 Å². The van der Waals surface area contributed by atoms with Crippen LogP contribution < -0.4 is 5.32 Å². The molecule has 0 aliphatic heterocycles. The van der Waals surface area contributed by atoms with Crippen LogP contribution in [0.25, 0.3) is 0 Å². The molecule has 7 heteroatoms. The van der Waals surface area contributed by atoms with Crippen molar-refractivity contribution in [2.45, 2.75) is 20.0 Å². The van der Waals surface area contributed by atoms with E-state index in [4.69, 9.17) is 16.3 Å². The van der Waals surface area contributed by atoms with Gasteiger partial charge in [-0.1, -0.05) is 11.6 Å². The predicted octanol–water partition coefficient (Wildman–Crippen LogP) is 2.70. The van der Waals surface area contributed by atoms with Gasteiger partial charge in [-0.2, -0.15) is 0 Å². The zero-order chi connectivity index (χ0) is 13.7. The molecular weight excluding hydrogens is 284 g/mol. The summed E-state index contributed by atoms with van der Waals surface area (Å²) in [5.41, 5.74) is 1.06. The van der Waals surface area contributed by atoms with Crippen molar-refractivity contribution in [3.63, 3.8) is 0 Å². The molecule has 2 aromatic rings. The molecule has 0 saturated carbocycles. The van der Waals surface area contributed by atoms with Gasteiger partial charge in [0.15, 0.2) is 5.82 Å². The van der Waals surface area contributed by atoms with Crippen molar-refractivity contribution in [1.82, 2.24) is 15.0 Å². The number of halogens is 1. The Balaban J connectivity index is 1.91. The molecule has 0 bridgehead atoms. The molecule has 2 heterocycles. The van der Waals surface area contributed by atoms with Gasteiger partial charge in [0.25, 0.3) is 0 Å². The zero-order valence-corrected chi connectivity index (χ0v) is 12.4. The molecule has 1 N–H and O–H groups in total. The van der Waals surface area contributed by atoms with E-state index in [2.05, 4.69) is 20.3 Å². The van der Waals surface area contributed by atoms with Crippen LogP contribution >= 0.6 is 22.9 Å². The SMILES string of the molecule is COCc1nc(Cl)cc(NCCc2nc(C)cs2)n1. The zero-order valence-electron chi connectivity index (χ0n) is 10.8. The largest absolute Gasteiger partial charge is 0.377 e. The second-order valence-corrected chi connectivity index (χ2v) is 5.31. The maximum absolute atomic E-state index is 5.93. The van der Waals surface area contributed by atoms with E-state index >= 15 is 0 Å². The third-order valence-corrected chi connectivity index (χ3v) is 3.55. The first-order chi connectivity index (χ1) is 9.17. The molecule has 0 saturated heterocycles. The van der Waals surface area contributed by atoms with E-state index in [1.165, 1.54) is 0 Å². The molecular formula is C12H15ClN4OS. The molecule has 0 radical (unpaired) electrons. The molecule has 0 spiro atoms. The molecule has 0 aliphatic rings. The summed E-state index contributed by atoms with van der Waals surface area (Å²) in [5.74, 6) is 1.28. The standard InChI is InChI=1S/C12H15ClN4OS/c1-8-7-19-12(15-8)3-4-14-10-5-9(13)16-11(17-10)6-18-2/h5,7H,3-4,6H2,1-2H3,(H,14,16,17). The van der Waals surface area contributed by atoms with E-state index in [0.29, 0.717) is 23.4 Å². The minimum absolute atomic E-state index is 0.348. The van der Waals surface area contributed by atoms with E-state index in [-0.39, 0.29) is 0 Å². The lowest BCUT2D eigenvalue weighted by Crippen LogP contribution is -2.08. The van der Waals surface area contributed by atoms with Crippen molar-refractivity contribution in [1.29, 1.82) is 0 Å². The number of nitrogens with one attached hydrogen (secondary N) is 1. The van der Waals surface area contributed by atoms with Gasteiger partial charge in [0.05, 0.1) is 5.01 Å². The molecule has 2 aromatic heterocycles. The molecule has 0 unspecified atom stereocenters. The fraction of sp³-hybridized carbons (Fsp3) is 0.417. The lowest BCUT2D eigenvalue weighted by molar-refractivity contribution is 0.178. The smallest absolute Gasteiger partial charge is 0.158 e. The van der Waals surface area contributed by atoms with Gasteiger partial charge in [-0.15, -0.1) is 11.3 Å². The second kappa shape index (κ2) is 6.79. The van der Waals surface area contributed by atoms with Gasteiger partial charge in [-0.3, -0.25) is 0 Å². The molecule has 2 rings (SSSR count). The number of ether oxygens (including phenoxy) is 1. The van der Waals surface area contributed by atoms with Crippen molar-refractivity contribution in [2.75, 3.05) is 19.0 Å². The first-order valence-corrected chi connectivity index (χ1v) is 7.10.